The zero-order chi connectivity index (χ0) is 13.4. The number of guanidine groups is 1. The van der Waals surface area contributed by atoms with E-state index in [0.29, 0.717) is 5.02 Å². The molecule has 3 rings (SSSR count). The van der Waals surface area contributed by atoms with Crippen LogP contribution in [-0.2, 0) is 6.42 Å². The Hall–Kier alpha value is -2.01. The van der Waals surface area contributed by atoms with E-state index in [9.17, 15) is 0 Å². The molecule has 98 valence electrons. The van der Waals surface area contributed by atoms with Gasteiger partial charge in [-0.05, 0) is 37.5 Å². The molecule has 0 fully saturated rings. The lowest BCUT2D eigenvalue weighted by Crippen LogP contribution is -2.22. The fourth-order valence-corrected chi connectivity index (χ4v) is 2.68. The van der Waals surface area contributed by atoms with Gasteiger partial charge in [-0.2, -0.15) is 5.10 Å². The van der Waals surface area contributed by atoms with Crippen LogP contribution in [0.25, 0.3) is 10.9 Å². The van der Waals surface area contributed by atoms with E-state index in [1.165, 1.54) is 5.69 Å². The number of nitrogens with zero attached hydrogens (tertiary/aromatic N) is 2. The Labute approximate surface area is 115 Å². The van der Waals surface area contributed by atoms with Crippen molar-refractivity contribution in [3.63, 3.8) is 0 Å². The summed E-state index contributed by atoms with van der Waals surface area (Å²) < 4.78 is 0. The van der Waals surface area contributed by atoms with E-state index in [1.807, 2.05) is 18.2 Å². The largest absolute Gasteiger partial charge is 0.369 e. The molecule has 0 saturated heterocycles. The zero-order valence-electron chi connectivity index (χ0n) is 10.3. The quantitative estimate of drug-likeness (QED) is 0.422. The Morgan fingerprint density at radius 2 is 2.11 bits per heavy atom. The van der Waals surface area contributed by atoms with Crippen molar-refractivity contribution >= 4 is 34.2 Å². The fourth-order valence-electron chi connectivity index (χ4n) is 2.51. The van der Waals surface area contributed by atoms with Gasteiger partial charge in [-0.15, -0.1) is 5.10 Å². The third kappa shape index (κ3) is 2.17. The molecule has 1 heterocycles. The first kappa shape index (κ1) is 12.0. The smallest absolute Gasteiger partial charge is 0.211 e. The monoisotopic (exact) mass is 275 g/mol. The number of rotatable bonds is 1. The molecule has 1 aromatic heterocycles. The highest BCUT2D eigenvalue weighted by Crippen LogP contribution is 2.31. The van der Waals surface area contributed by atoms with Gasteiger partial charge in [-0.1, -0.05) is 11.6 Å². The number of hydrogen-bond donors (Lipinski definition) is 3. The average Bonchev–Trinajstić information content (AvgIpc) is 2.74. The molecule has 5 nitrogen and oxygen atoms in total. The number of benzene rings is 1. The first-order chi connectivity index (χ1) is 9.15. The summed E-state index contributed by atoms with van der Waals surface area (Å²) in [7, 11) is 0. The molecule has 0 bridgehead atoms. The molecule has 6 heteroatoms. The Balaban J connectivity index is 2.22. The maximum atomic E-state index is 6.07. The van der Waals surface area contributed by atoms with Crippen molar-refractivity contribution < 1.29 is 0 Å². The van der Waals surface area contributed by atoms with Gasteiger partial charge in [0.1, 0.15) is 0 Å². The third-order valence-corrected chi connectivity index (χ3v) is 3.49. The second kappa shape index (κ2) is 4.59. The molecule has 1 aromatic carbocycles. The summed E-state index contributed by atoms with van der Waals surface area (Å²) in [6.45, 7) is 0. The molecule has 0 spiro atoms. The molecule has 0 aliphatic heterocycles. The molecule has 0 unspecified atom stereocenters. The first-order valence-electron chi connectivity index (χ1n) is 6.11. The Morgan fingerprint density at radius 1 is 1.26 bits per heavy atom. The molecule has 0 radical (unpaired) electrons. The van der Waals surface area contributed by atoms with Gasteiger partial charge in [0.15, 0.2) is 0 Å². The SMILES string of the molecule is NC(N)=NN=C1CCCc2[nH]c3ccc(Cl)cc3c21. The second-order valence-corrected chi connectivity index (χ2v) is 5.03. The Bertz CT molecular complexity index is 694. The highest BCUT2D eigenvalue weighted by atomic mass is 35.5. The molecule has 0 amide bonds. The fraction of sp³-hybridized carbons (Fsp3) is 0.231. The average molecular weight is 276 g/mol. The summed E-state index contributed by atoms with van der Waals surface area (Å²) in [6, 6.07) is 5.80. The van der Waals surface area contributed by atoms with Crippen LogP contribution in [-0.4, -0.2) is 16.7 Å². The Morgan fingerprint density at radius 3 is 2.89 bits per heavy atom. The highest BCUT2D eigenvalue weighted by molar-refractivity contribution is 6.31. The third-order valence-electron chi connectivity index (χ3n) is 3.25. The van der Waals surface area contributed by atoms with Crippen LogP contribution in [0.15, 0.2) is 28.4 Å². The number of halogens is 1. The molecule has 2 aromatic rings. The van der Waals surface area contributed by atoms with Crippen LogP contribution in [0.2, 0.25) is 5.02 Å². The van der Waals surface area contributed by atoms with Crippen molar-refractivity contribution in [2.24, 2.45) is 21.7 Å². The van der Waals surface area contributed by atoms with Crippen molar-refractivity contribution in [1.29, 1.82) is 0 Å². The van der Waals surface area contributed by atoms with Gasteiger partial charge >= 0.3 is 0 Å². The number of aromatic amines is 1. The lowest BCUT2D eigenvalue weighted by Gasteiger charge is -2.13. The second-order valence-electron chi connectivity index (χ2n) is 4.59. The van der Waals surface area contributed by atoms with Gasteiger partial charge in [-0.3, -0.25) is 0 Å². The number of fused-ring (bicyclic) bond motifs is 3. The molecular weight excluding hydrogens is 262 g/mol. The van der Waals surface area contributed by atoms with Gasteiger partial charge in [0.2, 0.25) is 5.96 Å². The van der Waals surface area contributed by atoms with Crippen LogP contribution >= 0.6 is 11.6 Å². The number of aryl methyl sites for hydroxylation is 1. The van der Waals surface area contributed by atoms with Crippen molar-refractivity contribution in [3.8, 4) is 0 Å². The number of nitrogens with one attached hydrogen (secondary N) is 1. The predicted molar refractivity (Wildman–Crippen MR) is 78.6 cm³/mol. The van der Waals surface area contributed by atoms with E-state index in [-0.39, 0.29) is 5.96 Å². The van der Waals surface area contributed by atoms with E-state index in [1.54, 1.807) is 0 Å². The molecule has 19 heavy (non-hydrogen) atoms. The van der Waals surface area contributed by atoms with Crippen molar-refractivity contribution in [2.75, 3.05) is 0 Å². The van der Waals surface area contributed by atoms with Crippen LogP contribution in [0, 0.1) is 0 Å². The number of nitrogens with two attached hydrogens (primary N) is 2. The molecular formula is C13H14ClN5. The number of H-pyrrole nitrogens is 1. The molecule has 1 aliphatic rings. The van der Waals surface area contributed by atoms with Crippen molar-refractivity contribution in [1.82, 2.24) is 4.98 Å². The van der Waals surface area contributed by atoms with Crippen LogP contribution in [0.3, 0.4) is 0 Å². The van der Waals surface area contributed by atoms with Crippen LogP contribution in [0.5, 0.6) is 0 Å². The van der Waals surface area contributed by atoms with E-state index >= 15 is 0 Å². The van der Waals surface area contributed by atoms with Gasteiger partial charge in [0.05, 0.1) is 5.71 Å². The first-order valence-corrected chi connectivity index (χ1v) is 6.49. The van der Waals surface area contributed by atoms with E-state index in [4.69, 9.17) is 23.1 Å². The van der Waals surface area contributed by atoms with E-state index < -0.39 is 0 Å². The van der Waals surface area contributed by atoms with E-state index in [0.717, 1.165) is 41.4 Å². The summed E-state index contributed by atoms with van der Waals surface area (Å²) in [5.74, 6) is -0.0301. The Kier molecular flexibility index (Phi) is 2.91. The van der Waals surface area contributed by atoms with Crippen LogP contribution in [0.1, 0.15) is 24.1 Å². The summed E-state index contributed by atoms with van der Waals surface area (Å²) >= 11 is 6.07. The maximum Gasteiger partial charge on any atom is 0.211 e. The molecule has 0 atom stereocenters. The van der Waals surface area contributed by atoms with Crippen LogP contribution < -0.4 is 11.5 Å². The highest BCUT2D eigenvalue weighted by Gasteiger charge is 2.21. The van der Waals surface area contributed by atoms with Crippen LogP contribution in [0.4, 0.5) is 0 Å². The van der Waals surface area contributed by atoms with Gasteiger partial charge in [0.25, 0.3) is 0 Å². The number of hydrogen-bond acceptors (Lipinski definition) is 2. The zero-order valence-corrected chi connectivity index (χ0v) is 11.0. The van der Waals surface area contributed by atoms with Gasteiger partial charge < -0.3 is 16.5 Å². The van der Waals surface area contributed by atoms with E-state index in [2.05, 4.69) is 15.2 Å². The topological polar surface area (TPSA) is 92.6 Å². The number of aromatic nitrogens is 1. The minimum Gasteiger partial charge on any atom is -0.369 e. The summed E-state index contributed by atoms with van der Waals surface area (Å²) in [6.07, 6.45) is 2.90. The standard InChI is InChI=1S/C13H14ClN5/c14-7-4-5-9-8(6-7)12-10(17-9)2-1-3-11(12)18-19-13(15)16/h4-6,17H,1-3H2,(H4,15,16,19). The summed E-state index contributed by atoms with van der Waals surface area (Å²) in [5, 5.41) is 9.72. The lowest BCUT2D eigenvalue weighted by molar-refractivity contribution is 0.818. The molecule has 0 saturated carbocycles. The lowest BCUT2D eigenvalue weighted by atomic mass is 9.94. The molecule has 1 aliphatic carbocycles. The van der Waals surface area contributed by atoms with Gasteiger partial charge in [0, 0.05) is 27.2 Å². The van der Waals surface area contributed by atoms with Crippen molar-refractivity contribution in [3.05, 3.63) is 34.5 Å². The normalized spacial score (nSPS) is 16.6. The minimum absolute atomic E-state index is 0.0301. The molecule has 5 N–H and O–H groups in total. The summed E-state index contributed by atoms with van der Waals surface area (Å²) in [4.78, 5) is 3.41. The summed E-state index contributed by atoms with van der Waals surface area (Å²) in [5.41, 5.74) is 14.9. The predicted octanol–water partition coefficient (Wildman–Crippen LogP) is 2.14. The maximum absolute atomic E-state index is 6.07. The van der Waals surface area contributed by atoms with Crippen molar-refractivity contribution in [2.45, 2.75) is 19.3 Å². The minimum atomic E-state index is -0.0301. The van der Waals surface area contributed by atoms with Gasteiger partial charge in [-0.25, -0.2) is 0 Å².